The van der Waals surface area contributed by atoms with Gasteiger partial charge in [-0.15, -0.1) is 0 Å². The maximum atomic E-state index is 14.6. The lowest BCUT2D eigenvalue weighted by atomic mass is 9.94. The highest BCUT2D eigenvalue weighted by atomic mass is 19.1. The lowest BCUT2D eigenvalue weighted by Crippen LogP contribution is -2.36. The highest BCUT2D eigenvalue weighted by Gasteiger charge is 2.28. The Bertz CT molecular complexity index is 1390. The number of amides is 2. The summed E-state index contributed by atoms with van der Waals surface area (Å²) in [5.41, 5.74) is 4.23. The molecule has 184 valence electrons. The number of rotatable bonds is 7. The van der Waals surface area contributed by atoms with Crippen molar-refractivity contribution in [1.82, 2.24) is 15.2 Å². The van der Waals surface area contributed by atoms with Gasteiger partial charge in [0.05, 0.1) is 24.2 Å². The van der Waals surface area contributed by atoms with Crippen molar-refractivity contribution in [3.8, 4) is 11.1 Å². The van der Waals surface area contributed by atoms with Crippen LogP contribution in [-0.2, 0) is 9.59 Å². The predicted octanol–water partition coefficient (Wildman–Crippen LogP) is 4.02. The number of H-pyrrole nitrogens is 1. The van der Waals surface area contributed by atoms with E-state index in [0.717, 1.165) is 25.9 Å². The van der Waals surface area contributed by atoms with Crippen LogP contribution in [0.3, 0.4) is 0 Å². The number of ketones is 1. The monoisotopic (exact) mass is 486 g/mol. The number of nitrogens with one attached hydrogen (secondary N) is 3. The third kappa shape index (κ3) is 4.59. The maximum Gasteiger partial charge on any atom is 0.256 e. The minimum Gasteiger partial charge on any atom is -0.361 e. The van der Waals surface area contributed by atoms with Crippen molar-refractivity contribution < 1.29 is 18.8 Å². The van der Waals surface area contributed by atoms with E-state index in [1.54, 1.807) is 55.6 Å². The molecule has 5 rings (SSSR count). The normalized spacial score (nSPS) is 16.3. The fourth-order valence-corrected chi connectivity index (χ4v) is 4.85. The van der Waals surface area contributed by atoms with Gasteiger partial charge in [0.15, 0.2) is 5.78 Å². The third-order valence-electron chi connectivity index (χ3n) is 6.75. The minimum absolute atomic E-state index is 0.0271. The molecular formula is C28H27FN4O3. The van der Waals surface area contributed by atoms with Crippen LogP contribution in [0.2, 0.25) is 0 Å². The molecule has 8 heteroatoms. The summed E-state index contributed by atoms with van der Waals surface area (Å²) in [7, 11) is 0. The molecule has 2 aliphatic heterocycles. The Labute approximate surface area is 208 Å². The Morgan fingerprint density at radius 1 is 1.08 bits per heavy atom. The van der Waals surface area contributed by atoms with Crippen molar-refractivity contribution >= 4 is 34.9 Å². The number of carbonyl (C=O) groups excluding carboxylic acids is 3. The van der Waals surface area contributed by atoms with Crippen LogP contribution in [-0.4, -0.2) is 53.7 Å². The number of Topliss-reactive ketones (excluding diaryl/α,β-unsaturated/α-hetero) is 1. The highest BCUT2D eigenvalue weighted by Crippen LogP contribution is 2.41. The zero-order valence-electron chi connectivity index (χ0n) is 20.0. The molecular weight excluding hydrogens is 459 g/mol. The molecule has 3 heterocycles. The molecule has 3 aromatic rings. The van der Waals surface area contributed by atoms with Crippen LogP contribution in [0.15, 0.2) is 48.7 Å². The smallest absolute Gasteiger partial charge is 0.256 e. The van der Waals surface area contributed by atoms with E-state index in [9.17, 15) is 18.8 Å². The lowest BCUT2D eigenvalue weighted by molar-refractivity contribution is -0.119. The number of benzene rings is 2. The average Bonchev–Trinajstić information content (AvgIpc) is 3.58. The van der Waals surface area contributed by atoms with Gasteiger partial charge in [0, 0.05) is 28.7 Å². The van der Waals surface area contributed by atoms with Crippen LogP contribution in [0.25, 0.3) is 22.8 Å². The number of hydrogen-bond donors (Lipinski definition) is 3. The molecule has 0 aliphatic carbocycles. The first-order valence-electron chi connectivity index (χ1n) is 12.0. The van der Waals surface area contributed by atoms with Crippen molar-refractivity contribution in [3.63, 3.8) is 0 Å². The number of likely N-dealkylation sites (tertiary alicyclic amines) is 1. The second-order valence-corrected chi connectivity index (χ2v) is 9.17. The van der Waals surface area contributed by atoms with E-state index in [2.05, 4.69) is 20.5 Å². The number of carbonyl (C=O) groups is 3. The van der Waals surface area contributed by atoms with Gasteiger partial charge in [-0.2, -0.15) is 0 Å². The van der Waals surface area contributed by atoms with Gasteiger partial charge in [0.2, 0.25) is 0 Å². The van der Waals surface area contributed by atoms with E-state index in [-0.39, 0.29) is 30.0 Å². The fourth-order valence-electron chi connectivity index (χ4n) is 4.85. The SMILES string of the molecule is Cc1c(C(=O)NCC(=O)CN2CCCC2)c[nH]c1/C=C1\C(=O)Nc2cccc(-c3ccccc3F)c21. The fraction of sp³-hybridized carbons (Fsp3) is 0.250. The Morgan fingerprint density at radius 3 is 2.61 bits per heavy atom. The first-order valence-corrected chi connectivity index (χ1v) is 12.0. The first-order chi connectivity index (χ1) is 17.4. The van der Waals surface area contributed by atoms with E-state index < -0.39 is 0 Å². The van der Waals surface area contributed by atoms with E-state index in [0.29, 0.717) is 51.3 Å². The lowest BCUT2D eigenvalue weighted by Gasteiger charge is -2.13. The summed E-state index contributed by atoms with van der Waals surface area (Å²) in [5, 5.41) is 5.55. The van der Waals surface area contributed by atoms with Crippen LogP contribution in [0.4, 0.5) is 10.1 Å². The molecule has 1 fully saturated rings. The predicted molar refractivity (Wildman–Crippen MR) is 137 cm³/mol. The van der Waals surface area contributed by atoms with E-state index >= 15 is 0 Å². The maximum absolute atomic E-state index is 14.6. The molecule has 0 saturated carbocycles. The highest BCUT2D eigenvalue weighted by molar-refractivity contribution is 6.36. The Morgan fingerprint density at radius 2 is 1.83 bits per heavy atom. The second-order valence-electron chi connectivity index (χ2n) is 9.17. The number of aromatic amines is 1. The van der Waals surface area contributed by atoms with Crippen molar-refractivity contribution in [1.29, 1.82) is 0 Å². The molecule has 0 radical (unpaired) electrons. The van der Waals surface area contributed by atoms with Crippen LogP contribution in [0.1, 0.15) is 40.0 Å². The number of nitrogens with zero attached hydrogens (tertiary/aromatic N) is 1. The van der Waals surface area contributed by atoms with E-state index in [1.807, 2.05) is 0 Å². The quantitative estimate of drug-likeness (QED) is 0.440. The number of fused-ring (bicyclic) bond motifs is 1. The summed E-state index contributed by atoms with van der Waals surface area (Å²) in [4.78, 5) is 43.0. The molecule has 2 aromatic carbocycles. The van der Waals surface area contributed by atoms with Crippen LogP contribution >= 0.6 is 0 Å². The first kappa shape index (κ1) is 23.7. The molecule has 2 aliphatic rings. The van der Waals surface area contributed by atoms with Gasteiger partial charge in [-0.05, 0) is 62.2 Å². The van der Waals surface area contributed by atoms with Crippen molar-refractivity contribution in [3.05, 3.63) is 76.9 Å². The number of halogens is 1. The Balaban J connectivity index is 1.38. The molecule has 36 heavy (non-hydrogen) atoms. The second kappa shape index (κ2) is 9.91. The van der Waals surface area contributed by atoms with Gasteiger partial charge in [-0.25, -0.2) is 4.39 Å². The molecule has 2 amide bonds. The van der Waals surface area contributed by atoms with E-state index in [4.69, 9.17) is 0 Å². The number of hydrogen-bond acceptors (Lipinski definition) is 4. The van der Waals surface area contributed by atoms with Gasteiger partial charge in [0.25, 0.3) is 11.8 Å². The summed E-state index contributed by atoms with van der Waals surface area (Å²) < 4.78 is 14.6. The Hall–Kier alpha value is -4.04. The molecule has 0 unspecified atom stereocenters. The van der Waals surface area contributed by atoms with Crippen molar-refractivity contribution in [2.75, 3.05) is 31.5 Å². The van der Waals surface area contributed by atoms with Crippen molar-refractivity contribution in [2.24, 2.45) is 0 Å². The van der Waals surface area contributed by atoms with Gasteiger partial charge >= 0.3 is 0 Å². The van der Waals surface area contributed by atoms with Gasteiger partial charge in [-0.1, -0.05) is 30.3 Å². The van der Waals surface area contributed by atoms with Gasteiger partial charge in [-0.3, -0.25) is 19.3 Å². The number of anilines is 1. The molecule has 7 nitrogen and oxygen atoms in total. The topological polar surface area (TPSA) is 94.3 Å². The van der Waals surface area contributed by atoms with Gasteiger partial charge < -0.3 is 15.6 Å². The Kier molecular flexibility index (Phi) is 6.52. The van der Waals surface area contributed by atoms with Crippen molar-refractivity contribution in [2.45, 2.75) is 19.8 Å². The minimum atomic E-state index is -0.376. The zero-order chi connectivity index (χ0) is 25.2. The number of aromatic nitrogens is 1. The molecule has 3 N–H and O–H groups in total. The van der Waals surface area contributed by atoms with Crippen LogP contribution in [0, 0.1) is 12.7 Å². The van der Waals surface area contributed by atoms with Gasteiger partial charge in [0.1, 0.15) is 5.82 Å². The van der Waals surface area contributed by atoms with Crippen LogP contribution < -0.4 is 10.6 Å². The molecule has 1 saturated heterocycles. The van der Waals surface area contributed by atoms with Crippen LogP contribution in [0.5, 0.6) is 0 Å². The average molecular weight is 487 g/mol. The molecule has 0 atom stereocenters. The summed E-state index contributed by atoms with van der Waals surface area (Å²) in [6.07, 6.45) is 5.45. The zero-order valence-corrected chi connectivity index (χ0v) is 20.0. The molecule has 0 bridgehead atoms. The summed E-state index contributed by atoms with van der Waals surface area (Å²) in [6, 6.07) is 11.8. The third-order valence-corrected chi connectivity index (χ3v) is 6.75. The molecule has 1 aromatic heterocycles. The summed E-state index contributed by atoms with van der Waals surface area (Å²) >= 11 is 0. The largest absolute Gasteiger partial charge is 0.361 e. The molecule has 0 spiro atoms. The summed E-state index contributed by atoms with van der Waals surface area (Å²) in [5.74, 6) is -1.06. The summed E-state index contributed by atoms with van der Waals surface area (Å²) in [6.45, 7) is 3.94. The standard InChI is InChI=1S/C28H27FN4O3/c1-17-22(27(35)31-14-18(34)16-33-11-4-5-12-33)15-30-25(17)13-21-26-20(19-7-2-3-9-23(19)29)8-6-10-24(26)32-28(21)36/h2-3,6-10,13,15,30H,4-5,11-12,14,16H2,1H3,(H,31,35)(H,32,36)/b21-13-. The van der Waals surface area contributed by atoms with E-state index in [1.165, 1.54) is 6.07 Å².